The summed E-state index contributed by atoms with van der Waals surface area (Å²) in [6.45, 7) is 4.91. The van der Waals surface area contributed by atoms with E-state index in [4.69, 9.17) is 0 Å². The molecule has 0 bridgehead atoms. The molecule has 22 heavy (non-hydrogen) atoms. The summed E-state index contributed by atoms with van der Waals surface area (Å²) >= 11 is 0. The largest absolute Gasteiger partial charge is 0.396 e. The lowest BCUT2D eigenvalue weighted by Crippen LogP contribution is -2.39. The maximum Gasteiger partial charge on any atom is 0.319 e. The van der Waals surface area contributed by atoms with E-state index in [-0.39, 0.29) is 18.1 Å². The maximum absolute atomic E-state index is 12.1. The van der Waals surface area contributed by atoms with Crippen molar-refractivity contribution in [2.45, 2.75) is 33.1 Å². The van der Waals surface area contributed by atoms with E-state index in [9.17, 15) is 9.90 Å². The number of anilines is 1. The zero-order valence-corrected chi connectivity index (χ0v) is 13.3. The molecule has 0 aliphatic rings. The Labute approximate surface area is 131 Å². The number of amides is 2. The zero-order chi connectivity index (χ0) is 16.0. The summed E-state index contributed by atoms with van der Waals surface area (Å²) in [4.78, 5) is 15.2. The van der Waals surface area contributed by atoms with Crippen LogP contribution in [0.15, 0.2) is 30.5 Å². The molecule has 2 amide bonds. The second-order valence-corrected chi connectivity index (χ2v) is 5.77. The number of carbonyl (C=O) groups excluding carboxylic acids is 1. The minimum atomic E-state index is -0.209. The van der Waals surface area contributed by atoms with Gasteiger partial charge in [0.15, 0.2) is 0 Å². The van der Waals surface area contributed by atoms with E-state index < -0.39 is 0 Å². The number of hydrogen-bond donors (Lipinski definition) is 4. The summed E-state index contributed by atoms with van der Waals surface area (Å²) in [5.41, 5.74) is 1.78. The molecule has 2 aromatic rings. The summed E-state index contributed by atoms with van der Waals surface area (Å²) in [5.74, 6) is 0. The van der Waals surface area contributed by atoms with Gasteiger partial charge in [0.25, 0.3) is 0 Å². The highest BCUT2D eigenvalue weighted by Crippen LogP contribution is 2.29. The molecule has 0 aliphatic carbocycles. The third kappa shape index (κ3) is 3.80. The second kappa shape index (κ2) is 7.31. The number of rotatable bonds is 7. The van der Waals surface area contributed by atoms with E-state index in [1.165, 1.54) is 0 Å². The number of H-pyrrole nitrogens is 1. The van der Waals surface area contributed by atoms with Gasteiger partial charge in [0.2, 0.25) is 0 Å². The van der Waals surface area contributed by atoms with Crippen molar-refractivity contribution < 1.29 is 9.90 Å². The third-order valence-electron chi connectivity index (χ3n) is 4.58. The van der Waals surface area contributed by atoms with Crippen LogP contribution in [0, 0.1) is 5.41 Å². The standard InChI is InChI=1S/C17H25N3O2/c1-3-17(4-2,8-10-21)12-19-16(22)20-14-5-6-15-13(11-14)7-9-18-15/h5-7,9,11,18,21H,3-4,8,10,12H2,1-2H3,(H2,19,20,22). The SMILES string of the molecule is CCC(CC)(CCO)CNC(=O)Nc1ccc2[nH]ccc2c1. The van der Waals surface area contributed by atoms with Gasteiger partial charge < -0.3 is 20.7 Å². The highest BCUT2D eigenvalue weighted by atomic mass is 16.3. The molecule has 0 saturated carbocycles. The van der Waals surface area contributed by atoms with Crippen LogP contribution in [0.5, 0.6) is 0 Å². The summed E-state index contributed by atoms with van der Waals surface area (Å²) in [6.07, 6.45) is 4.44. The van der Waals surface area contributed by atoms with E-state index in [1.807, 2.05) is 30.5 Å². The molecule has 4 N–H and O–H groups in total. The first-order valence-corrected chi connectivity index (χ1v) is 7.85. The highest BCUT2D eigenvalue weighted by Gasteiger charge is 2.26. The molecule has 2 rings (SSSR count). The van der Waals surface area contributed by atoms with Crippen molar-refractivity contribution in [2.24, 2.45) is 5.41 Å². The number of aromatic amines is 1. The van der Waals surface area contributed by atoms with Crippen LogP contribution in [0.2, 0.25) is 0 Å². The van der Waals surface area contributed by atoms with E-state index in [0.29, 0.717) is 13.0 Å². The van der Waals surface area contributed by atoms with Crippen LogP contribution < -0.4 is 10.6 Å². The molecule has 0 spiro atoms. The number of aliphatic hydroxyl groups excluding tert-OH is 1. The number of carbonyl (C=O) groups is 1. The summed E-state index contributed by atoms with van der Waals surface area (Å²) < 4.78 is 0. The van der Waals surface area contributed by atoms with Crippen molar-refractivity contribution in [3.8, 4) is 0 Å². The van der Waals surface area contributed by atoms with Crippen molar-refractivity contribution in [3.05, 3.63) is 30.5 Å². The van der Waals surface area contributed by atoms with Gasteiger partial charge in [-0.3, -0.25) is 0 Å². The molecular weight excluding hydrogens is 278 g/mol. The smallest absolute Gasteiger partial charge is 0.319 e. The van der Waals surface area contributed by atoms with Crippen molar-refractivity contribution in [1.82, 2.24) is 10.3 Å². The molecular formula is C17H25N3O2. The van der Waals surface area contributed by atoms with Gasteiger partial charge in [0, 0.05) is 35.9 Å². The molecule has 0 saturated heterocycles. The van der Waals surface area contributed by atoms with Gasteiger partial charge in [-0.05, 0) is 48.9 Å². The van der Waals surface area contributed by atoms with Crippen LogP contribution in [0.4, 0.5) is 10.5 Å². The van der Waals surface area contributed by atoms with Gasteiger partial charge >= 0.3 is 6.03 Å². The molecule has 1 heterocycles. The Morgan fingerprint density at radius 1 is 1.27 bits per heavy atom. The van der Waals surface area contributed by atoms with E-state index in [1.54, 1.807) is 0 Å². The van der Waals surface area contributed by atoms with Crippen molar-refractivity contribution in [3.63, 3.8) is 0 Å². The van der Waals surface area contributed by atoms with E-state index in [2.05, 4.69) is 29.5 Å². The Morgan fingerprint density at radius 2 is 2.05 bits per heavy atom. The Kier molecular flexibility index (Phi) is 5.44. The van der Waals surface area contributed by atoms with Crippen LogP contribution in [0.3, 0.4) is 0 Å². The Bertz CT molecular complexity index is 617. The van der Waals surface area contributed by atoms with Crippen LogP contribution >= 0.6 is 0 Å². The average Bonchev–Trinajstić information content (AvgIpc) is 2.99. The normalized spacial score (nSPS) is 11.6. The molecule has 5 nitrogen and oxygen atoms in total. The van der Waals surface area contributed by atoms with Crippen molar-refractivity contribution in [2.75, 3.05) is 18.5 Å². The summed E-state index contributed by atoms with van der Waals surface area (Å²) in [5, 5.41) is 16.1. The lowest BCUT2D eigenvalue weighted by Gasteiger charge is -2.31. The zero-order valence-electron chi connectivity index (χ0n) is 13.3. The minimum Gasteiger partial charge on any atom is -0.396 e. The Hall–Kier alpha value is -2.01. The second-order valence-electron chi connectivity index (χ2n) is 5.77. The first kappa shape index (κ1) is 16.4. The number of aliphatic hydroxyl groups is 1. The number of benzene rings is 1. The fraction of sp³-hybridized carbons (Fsp3) is 0.471. The highest BCUT2D eigenvalue weighted by molar-refractivity contribution is 5.92. The molecule has 1 aromatic heterocycles. The molecule has 0 radical (unpaired) electrons. The van der Waals surface area contributed by atoms with Crippen LogP contribution in [-0.4, -0.2) is 29.3 Å². The van der Waals surface area contributed by atoms with Gasteiger partial charge in [-0.1, -0.05) is 13.8 Å². The first-order valence-electron chi connectivity index (χ1n) is 7.85. The number of urea groups is 1. The lowest BCUT2D eigenvalue weighted by molar-refractivity contribution is 0.165. The maximum atomic E-state index is 12.1. The molecule has 1 aromatic carbocycles. The molecule has 0 unspecified atom stereocenters. The topological polar surface area (TPSA) is 77.2 Å². The van der Waals surface area contributed by atoms with Crippen molar-refractivity contribution >= 4 is 22.6 Å². The van der Waals surface area contributed by atoms with Gasteiger partial charge in [-0.25, -0.2) is 4.79 Å². The fourth-order valence-corrected chi connectivity index (χ4v) is 2.75. The van der Waals surface area contributed by atoms with Gasteiger partial charge in [-0.15, -0.1) is 0 Å². The Morgan fingerprint density at radius 3 is 2.73 bits per heavy atom. The monoisotopic (exact) mass is 303 g/mol. The minimum absolute atomic E-state index is 0.0311. The van der Waals surface area contributed by atoms with E-state index in [0.717, 1.165) is 29.4 Å². The Balaban J connectivity index is 1.94. The number of aromatic nitrogens is 1. The molecule has 0 aliphatic heterocycles. The van der Waals surface area contributed by atoms with Crippen LogP contribution in [-0.2, 0) is 0 Å². The predicted molar refractivity (Wildman–Crippen MR) is 90.0 cm³/mol. The molecule has 120 valence electrons. The van der Waals surface area contributed by atoms with Gasteiger partial charge in [0.1, 0.15) is 0 Å². The summed E-state index contributed by atoms with van der Waals surface area (Å²) in [6, 6.07) is 7.52. The molecule has 0 atom stereocenters. The lowest BCUT2D eigenvalue weighted by atomic mass is 9.79. The number of hydrogen-bond acceptors (Lipinski definition) is 2. The van der Waals surface area contributed by atoms with Crippen LogP contribution in [0.25, 0.3) is 10.9 Å². The van der Waals surface area contributed by atoms with Gasteiger partial charge in [0.05, 0.1) is 0 Å². The summed E-state index contributed by atoms with van der Waals surface area (Å²) in [7, 11) is 0. The van der Waals surface area contributed by atoms with E-state index >= 15 is 0 Å². The fourth-order valence-electron chi connectivity index (χ4n) is 2.75. The molecule has 5 heteroatoms. The third-order valence-corrected chi connectivity index (χ3v) is 4.58. The van der Waals surface area contributed by atoms with Gasteiger partial charge in [-0.2, -0.15) is 0 Å². The predicted octanol–water partition coefficient (Wildman–Crippen LogP) is 3.48. The average molecular weight is 303 g/mol. The number of nitrogens with one attached hydrogen (secondary N) is 3. The first-order chi connectivity index (χ1) is 10.6. The molecule has 0 fully saturated rings. The van der Waals surface area contributed by atoms with Crippen LogP contribution in [0.1, 0.15) is 33.1 Å². The number of fused-ring (bicyclic) bond motifs is 1. The van der Waals surface area contributed by atoms with Crippen molar-refractivity contribution in [1.29, 1.82) is 0 Å². The quantitative estimate of drug-likeness (QED) is 0.632.